The lowest BCUT2D eigenvalue weighted by atomic mass is 10.1. The van der Waals surface area contributed by atoms with E-state index in [0.29, 0.717) is 18.9 Å². The second-order valence-corrected chi connectivity index (χ2v) is 8.72. The van der Waals surface area contributed by atoms with E-state index >= 15 is 0 Å². The molecule has 0 saturated carbocycles. The minimum atomic E-state index is -0.395. The van der Waals surface area contributed by atoms with Crippen LogP contribution in [-0.4, -0.2) is 62.6 Å². The number of hydrogen-bond donors (Lipinski definition) is 1. The van der Waals surface area contributed by atoms with E-state index in [1.807, 2.05) is 44.2 Å². The summed E-state index contributed by atoms with van der Waals surface area (Å²) in [6.07, 6.45) is 0.200. The van der Waals surface area contributed by atoms with Crippen LogP contribution in [0.25, 0.3) is 0 Å². The summed E-state index contributed by atoms with van der Waals surface area (Å²) in [7, 11) is 0. The second-order valence-electron chi connectivity index (χ2n) is 8.72. The van der Waals surface area contributed by atoms with Crippen molar-refractivity contribution >= 4 is 28.9 Å². The lowest BCUT2D eigenvalue weighted by Gasteiger charge is -2.35. The average molecular weight is 451 g/mol. The van der Waals surface area contributed by atoms with Gasteiger partial charge in [-0.25, -0.2) is 0 Å². The number of nitrogens with one attached hydrogen (secondary N) is 1. The summed E-state index contributed by atoms with van der Waals surface area (Å²) in [4.78, 5) is 32.3. The molecule has 1 atom stereocenters. The Balaban J connectivity index is 1.40. The Labute approximate surface area is 196 Å². The number of ether oxygens (including phenoxy) is 1. The van der Waals surface area contributed by atoms with Crippen molar-refractivity contribution in [1.29, 1.82) is 0 Å². The summed E-state index contributed by atoms with van der Waals surface area (Å²) in [5, 5.41) is 3.05. The monoisotopic (exact) mass is 450 g/mol. The van der Waals surface area contributed by atoms with E-state index in [1.54, 1.807) is 4.90 Å². The van der Waals surface area contributed by atoms with Gasteiger partial charge in [-0.1, -0.05) is 19.1 Å². The predicted molar refractivity (Wildman–Crippen MR) is 132 cm³/mol. The van der Waals surface area contributed by atoms with E-state index in [0.717, 1.165) is 49.7 Å². The topological polar surface area (TPSA) is 65.1 Å². The van der Waals surface area contributed by atoms with Crippen molar-refractivity contribution in [3.8, 4) is 5.75 Å². The quantitative estimate of drug-likeness (QED) is 0.699. The van der Waals surface area contributed by atoms with Crippen LogP contribution in [0.2, 0.25) is 0 Å². The van der Waals surface area contributed by atoms with Crippen LogP contribution in [0.5, 0.6) is 5.75 Å². The number of benzene rings is 2. The normalized spacial score (nSPS) is 19.1. The van der Waals surface area contributed by atoms with Gasteiger partial charge in [0.25, 0.3) is 0 Å². The van der Waals surface area contributed by atoms with Crippen LogP contribution < -0.4 is 19.9 Å². The van der Waals surface area contributed by atoms with E-state index in [2.05, 4.69) is 34.2 Å². The molecule has 0 bridgehead atoms. The molecule has 0 spiro atoms. The minimum Gasteiger partial charge on any atom is -0.492 e. The molecule has 0 aromatic heterocycles. The smallest absolute Gasteiger partial charge is 0.229 e. The van der Waals surface area contributed by atoms with Gasteiger partial charge in [0.05, 0.1) is 18.2 Å². The fourth-order valence-corrected chi connectivity index (χ4v) is 4.62. The maximum atomic E-state index is 13.0. The largest absolute Gasteiger partial charge is 0.492 e. The van der Waals surface area contributed by atoms with Gasteiger partial charge in [-0.05, 0) is 56.3 Å². The zero-order valence-corrected chi connectivity index (χ0v) is 19.8. The molecule has 1 unspecified atom stereocenters. The van der Waals surface area contributed by atoms with Crippen molar-refractivity contribution in [1.82, 2.24) is 4.90 Å². The maximum Gasteiger partial charge on any atom is 0.229 e. The third kappa shape index (κ3) is 5.14. The highest BCUT2D eigenvalue weighted by Crippen LogP contribution is 2.33. The molecule has 0 aliphatic carbocycles. The molecule has 0 radical (unpaired) electrons. The molecule has 7 nitrogen and oxygen atoms in total. The van der Waals surface area contributed by atoms with Gasteiger partial charge in [-0.2, -0.15) is 0 Å². The van der Waals surface area contributed by atoms with Crippen molar-refractivity contribution in [2.45, 2.75) is 27.2 Å². The van der Waals surface area contributed by atoms with Crippen LogP contribution in [0.15, 0.2) is 42.5 Å². The molecule has 33 heavy (non-hydrogen) atoms. The van der Waals surface area contributed by atoms with Gasteiger partial charge in [-0.3, -0.25) is 9.59 Å². The van der Waals surface area contributed by atoms with Crippen molar-refractivity contribution in [2.75, 3.05) is 61.0 Å². The Morgan fingerprint density at radius 2 is 1.85 bits per heavy atom. The highest BCUT2D eigenvalue weighted by Gasteiger charge is 2.36. The number of piperazine rings is 1. The molecule has 2 aromatic rings. The molecule has 2 aliphatic heterocycles. The Hall–Kier alpha value is -3.06. The van der Waals surface area contributed by atoms with Crippen LogP contribution in [-0.2, 0) is 9.59 Å². The van der Waals surface area contributed by atoms with Gasteiger partial charge in [0.1, 0.15) is 5.75 Å². The van der Waals surface area contributed by atoms with E-state index in [9.17, 15) is 9.59 Å². The molecular weight excluding hydrogens is 416 g/mol. The van der Waals surface area contributed by atoms with Crippen LogP contribution in [0.4, 0.5) is 17.1 Å². The van der Waals surface area contributed by atoms with Crippen LogP contribution in [0.3, 0.4) is 0 Å². The zero-order chi connectivity index (χ0) is 23.4. The summed E-state index contributed by atoms with van der Waals surface area (Å²) >= 11 is 0. The molecule has 1 N–H and O–H groups in total. The highest BCUT2D eigenvalue weighted by atomic mass is 16.5. The molecule has 2 heterocycles. The fraction of sp³-hybridized carbons (Fsp3) is 0.462. The van der Waals surface area contributed by atoms with Crippen molar-refractivity contribution in [3.63, 3.8) is 0 Å². The first-order valence-corrected chi connectivity index (χ1v) is 11.9. The number of carbonyl (C=O) groups excluding carboxylic acids is 2. The van der Waals surface area contributed by atoms with Crippen LogP contribution in [0, 0.1) is 12.8 Å². The standard InChI is InChI=1S/C26H34N4O3/c1-4-28-12-14-29(15-13-28)21-10-11-22(19(3)16-21)27-26(32)20-17-25(31)30(18-20)23-8-6-7-9-24(23)33-5-2/h6-11,16,20H,4-5,12-15,17-18H2,1-3H3,(H,27,32). The van der Waals surface area contributed by atoms with Crippen LogP contribution >= 0.6 is 0 Å². The second kappa shape index (κ2) is 10.3. The Bertz CT molecular complexity index is 1000. The third-order valence-corrected chi connectivity index (χ3v) is 6.60. The van der Waals surface area contributed by atoms with Gasteiger partial charge >= 0.3 is 0 Å². The lowest BCUT2D eigenvalue weighted by Crippen LogP contribution is -2.46. The number of carbonyl (C=O) groups is 2. The van der Waals surface area contributed by atoms with Crippen LogP contribution in [0.1, 0.15) is 25.8 Å². The summed E-state index contributed by atoms with van der Waals surface area (Å²) in [5.74, 6) is 0.0988. The van der Waals surface area contributed by atoms with E-state index in [4.69, 9.17) is 4.74 Å². The molecule has 2 saturated heterocycles. The van der Waals surface area contributed by atoms with E-state index < -0.39 is 5.92 Å². The Morgan fingerprint density at radius 1 is 1.09 bits per heavy atom. The molecule has 4 rings (SSSR count). The van der Waals surface area contributed by atoms with Gasteiger partial charge < -0.3 is 24.8 Å². The summed E-state index contributed by atoms with van der Waals surface area (Å²) in [5.41, 5.74) is 3.75. The first-order valence-electron chi connectivity index (χ1n) is 11.9. The number of hydrogen-bond acceptors (Lipinski definition) is 5. The number of likely N-dealkylation sites (N-methyl/N-ethyl adjacent to an activating group) is 1. The summed E-state index contributed by atoms with van der Waals surface area (Å²) in [6.45, 7) is 12.3. The van der Waals surface area contributed by atoms with Crippen molar-refractivity contribution in [2.24, 2.45) is 5.92 Å². The number of para-hydroxylation sites is 2. The van der Waals surface area contributed by atoms with Gasteiger partial charge in [0.15, 0.2) is 0 Å². The molecule has 176 valence electrons. The average Bonchev–Trinajstić information content (AvgIpc) is 3.22. The third-order valence-electron chi connectivity index (χ3n) is 6.60. The summed E-state index contributed by atoms with van der Waals surface area (Å²) in [6, 6.07) is 13.7. The fourth-order valence-electron chi connectivity index (χ4n) is 4.62. The first kappa shape index (κ1) is 23.1. The Kier molecular flexibility index (Phi) is 7.18. The van der Waals surface area contributed by atoms with Gasteiger partial charge in [-0.15, -0.1) is 0 Å². The highest BCUT2D eigenvalue weighted by molar-refractivity contribution is 6.04. The Morgan fingerprint density at radius 3 is 2.55 bits per heavy atom. The molecule has 2 amide bonds. The predicted octanol–water partition coefficient (Wildman–Crippen LogP) is 3.53. The summed E-state index contributed by atoms with van der Waals surface area (Å²) < 4.78 is 5.68. The number of aryl methyl sites for hydroxylation is 1. The lowest BCUT2D eigenvalue weighted by molar-refractivity contribution is -0.122. The molecule has 2 aliphatic rings. The molecular formula is C26H34N4O3. The number of rotatable bonds is 7. The van der Waals surface area contributed by atoms with E-state index in [-0.39, 0.29) is 18.2 Å². The molecule has 2 fully saturated rings. The van der Waals surface area contributed by atoms with E-state index in [1.165, 1.54) is 5.69 Å². The zero-order valence-electron chi connectivity index (χ0n) is 19.8. The maximum absolute atomic E-state index is 13.0. The number of nitrogens with zero attached hydrogens (tertiary/aromatic N) is 3. The SMILES string of the molecule is CCOc1ccccc1N1CC(C(=O)Nc2ccc(N3CCN(CC)CC3)cc2C)CC1=O. The minimum absolute atomic E-state index is 0.0550. The molecule has 7 heteroatoms. The molecule has 2 aromatic carbocycles. The number of anilines is 3. The van der Waals surface area contributed by atoms with Crippen molar-refractivity contribution < 1.29 is 14.3 Å². The first-order chi connectivity index (χ1) is 16.0. The van der Waals surface area contributed by atoms with Gasteiger partial charge in [0.2, 0.25) is 11.8 Å². The van der Waals surface area contributed by atoms with Gasteiger partial charge in [0, 0.05) is 50.5 Å². The van der Waals surface area contributed by atoms with Crippen molar-refractivity contribution in [3.05, 3.63) is 48.0 Å². The number of amides is 2.